The summed E-state index contributed by atoms with van der Waals surface area (Å²) in [5.74, 6) is 0.124. The molecular weight excluding hydrogens is 438 g/mol. The van der Waals surface area contributed by atoms with Gasteiger partial charge in [0.1, 0.15) is 17.4 Å². The molecule has 0 aliphatic carbocycles. The summed E-state index contributed by atoms with van der Waals surface area (Å²) in [6.45, 7) is 5.24. The zero-order chi connectivity index (χ0) is 24.1. The Morgan fingerprint density at radius 2 is 1.42 bits per heavy atom. The highest BCUT2D eigenvalue weighted by Crippen LogP contribution is 2.24. The molecule has 0 heterocycles. The minimum Gasteiger partial charge on any atom is -0.497 e. The molecule has 0 aliphatic rings. The number of sulfonamides is 1. The Morgan fingerprint density at radius 1 is 0.879 bits per heavy atom. The van der Waals surface area contributed by atoms with E-state index in [1.54, 1.807) is 40.0 Å². The third-order valence-corrected chi connectivity index (χ3v) is 6.35. The Labute approximate surface area is 195 Å². The first-order chi connectivity index (χ1) is 15.6. The van der Waals surface area contributed by atoms with Crippen molar-refractivity contribution in [2.45, 2.75) is 43.7 Å². The van der Waals surface area contributed by atoms with E-state index in [-0.39, 0.29) is 11.3 Å². The lowest BCUT2D eigenvalue weighted by molar-refractivity contribution is -0.156. The highest BCUT2D eigenvalue weighted by atomic mass is 32.2. The number of hydrogen-bond donors (Lipinski definition) is 1. The molecular formula is C26H29NO5S. The van der Waals surface area contributed by atoms with Crippen molar-refractivity contribution in [3.63, 3.8) is 0 Å². The van der Waals surface area contributed by atoms with Gasteiger partial charge in [-0.05, 0) is 68.1 Å². The summed E-state index contributed by atoms with van der Waals surface area (Å²) in [4.78, 5) is 12.9. The van der Waals surface area contributed by atoms with Gasteiger partial charge in [-0.1, -0.05) is 54.6 Å². The minimum atomic E-state index is -3.96. The van der Waals surface area contributed by atoms with Crippen LogP contribution in [0.25, 0.3) is 11.1 Å². The lowest BCUT2D eigenvalue weighted by Crippen LogP contribution is -2.45. The van der Waals surface area contributed by atoms with E-state index in [2.05, 4.69) is 4.72 Å². The van der Waals surface area contributed by atoms with Crippen molar-refractivity contribution in [3.8, 4) is 16.9 Å². The van der Waals surface area contributed by atoms with Crippen LogP contribution in [0.3, 0.4) is 0 Å². The molecule has 0 aliphatic heterocycles. The number of methoxy groups -OCH3 is 1. The SMILES string of the molecule is COc1ccc(-c2ccc(S(=O)(=O)N[C@H](Cc3ccccc3)C(=O)OC(C)(C)C)cc2)cc1. The van der Waals surface area contributed by atoms with Crippen LogP contribution in [-0.2, 0) is 26.0 Å². The van der Waals surface area contributed by atoms with E-state index in [0.717, 1.165) is 22.4 Å². The molecule has 0 unspecified atom stereocenters. The average Bonchev–Trinajstić information content (AvgIpc) is 2.78. The second kappa shape index (κ2) is 10.2. The standard InChI is InChI=1S/C26H29NO5S/c1-26(2,3)32-25(28)24(18-19-8-6-5-7-9-19)27-33(29,30)23-16-12-21(13-17-23)20-10-14-22(31-4)15-11-20/h5-17,24,27H,18H2,1-4H3/t24-/m1/s1. The van der Waals surface area contributed by atoms with Gasteiger partial charge >= 0.3 is 5.97 Å². The number of hydrogen-bond acceptors (Lipinski definition) is 5. The van der Waals surface area contributed by atoms with E-state index in [4.69, 9.17) is 9.47 Å². The smallest absolute Gasteiger partial charge is 0.325 e. The van der Waals surface area contributed by atoms with Gasteiger partial charge in [-0.2, -0.15) is 4.72 Å². The normalized spacial score (nSPS) is 12.7. The van der Waals surface area contributed by atoms with Gasteiger partial charge in [-0.25, -0.2) is 8.42 Å². The number of benzene rings is 3. The third-order valence-electron chi connectivity index (χ3n) is 4.86. The largest absolute Gasteiger partial charge is 0.497 e. The Kier molecular flexibility index (Phi) is 7.56. The maximum absolute atomic E-state index is 13.1. The van der Waals surface area contributed by atoms with Gasteiger partial charge in [0.05, 0.1) is 12.0 Å². The predicted octanol–water partition coefficient (Wildman–Crippen LogP) is 4.59. The van der Waals surface area contributed by atoms with Crippen LogP contribution in [0.5, 0.6) is 5.75 Å². The summed E-state index contributed by atoms with van der Waals surface area (Å²) < 4.78 is 39.4. The quantitative estimate of drug-likeness (QED) is 0.490. The number of ether oxygens (including phenoxy) is 2. The molecule has 0 spiro atoms. The highest BCUT2D eigenvalue weighted by molar-refractivity contribution is 7.89. The summed E-state index contributed by atoms with van der Waals surface area (Å²) in [6.07, 6.45) is 0.179. The second-order valence-electron chi connectivity index (χ2n) is 8.65. The van der Waals surface area contributed by atoms with Crippen molar-refractivity contribution >= 4 is 16.0 Å². The summed E-state index contributed by atoms with van der Waals surface area (Å²) in [7, 11) is -2.36. The van der Waals surface area contributed by atoms with Crippen LogP contribution in [0.15, 0.2) is 83.8 Å². The van der Waals surface area contributed by atoms with E-state index in [9.17, 15) is 13.2 Å². The number of esters is 1. The molecule has 0 radical (unpaired) electrons. The lowest BCUT2D eigenvalue weighted by Gasteiger charge is -2.24. The zero-order valence-corrected chi connectivity index (χ0v) is 20.1. The van der Waals surface area contributed by atoms with Gasteiger partial charge in [0, 0.05) is 0 Å². The average molecular weight is 468 g/mol. The van der Waals surface area contributed by atoms with Crippen LogP contribution in [0.1, 0.15) is 26.3 Å². The van der Waals surface area contributed by atoms with E-state index in [0.29, 0.717) is 0 Å². The van der Waals surface area contributed by atoms with E-state index in [1.807, 2.05) is 54.6 Å². The molecule has 0 bridgehead atoms. The predicted molar refractivity (Wildman–Crippen MR) is 129 cm³/mol. The van der Waals surface area contributed by atoms with Crippen LogP contribution in [0, 0.1) is 0 Å². The minimum absolute atomic E-state index is 0.0707. The van der Waals surface area contributed by atoms with Crippen LogP contribution < -0.4 is 9.46 Å². The molecule has 3 aromatic carbocycles. The second-order valence-corrected chi connectivity index (χ2v) is 10.4. The summed E-state index contributed by atoms with van der Waals surface area (Å²) >= 11 is 0. The molecule has 3 rings (SSSR count). The van der Waals surface area contributed by atoms with Crippen molar-refractivity contribution in [2.75, 3.05) is 7.11 Å². The highest BCUT2D eigenvalue weighted by Gasteiger charge is 2.30. The zero-order valence-electron chi connectivity index (χ0n) is 19.2. The Hall–Kier alpha value is -3.16. The molecule has 174 valence electrons. The van der Waals surface area contributed by atoms with E-state index >= 15 is 0 Å². The molecule has 0 fully saturated rings. The maximum Gasteiger partial charge on any atom is 0.325 e. The van der Waals surface area contributed by atoms with E-state index < -0.39 is 27.6 Å². The Balaban J connectivity index is 1.82. The van der Waals surface area contributed by atoms with Crippen LogP contribution in [-0.4, -0.2) is 33.1 Å². The lowest BCUT2D eigenvalue weighted by atomic mass is 10.1. The van der Waals surface area contributed by atoms with Crippen molar-refractivity contribution in [3.05, 3.63) is 84.4 Å². The molecule has 0 amide bonds. The molecule has 0 aromatic heterocycles. The molecule has 7 heteroatoms. The summed E-state index contributed by atoms with van der Waals surface area (Å²) in [6, 6.07) is 22.2. The van der Waals surface area contributed by atoms with Crippen LogP contribution >= 0.6 is 0 Å². The maximum atomic E-state index is 13.1. The first-order valence-corrected chi connectivity index (χ1v) is 12.1. The number of nitrogens with one attached hydrogen (secondary N) is 1. The van der Waals surface area contributed by atoms with Gasteiger partial charge in [-0.15, -0.1) is 0 Å². The molecule has 0 saturated heterocycles. The first kappa shape index (κ1) is 24.5. The van der Waals surface area contributed by atoms with Crippen LogP contribution in [0.2, 0.25) is 0 Å². The topological polar surface area (TPSA) is 81.7 Å². The fourth-order valence-electron chi connectivity index (χ4n) is 3.26. The third kappa shape index (κ3) is 6.91. The molecule has 1 atom stereocenters. The molecule has 6 nitrogen and oxygen atoms in total. The Bertz CT molecular complexity index is 1170. The van der Waals surface area contributed by atoms with Gasteiger partial charge in [0.25, 0.3) is 0 Å². The molecule has 3 aromatic rings. The molecule has 0 saturated carbocycles. The van der Waals surface area contributed by atoms with Crippen molar-refractivity contribution < 1.29 is 22.7 Å². The number of carbonyl (C=O) groups excluding carboxylic acids is 1. The summed E-state index contributed by atoms with van der Waals surface area (Å²) in [5.41, 5.74) is 1.89. The van der Waals surface area contributed by atoms with Crippen LogP contribution in [0.4, 0.5) is 0 Å². The van der Waals surface area contributed by atoms with Crippen molar-refractivity contribution in [1.82, 2.24) is 4.72 Å². The summed E-state index contributed by atoms with van der Waals surface area (Å²) in [5, 5.41) is 0. The van der Waals surface area contributed by atoms with Crippen molar-refractivity contribution in [1.29, 1.82) is 0 Å². The van der Waals surface area contributed by atoms with Crippen molar-refractivity contribution in [2.24, 2.45) is 0 Å². The van der Waals surface area contributed by atoms with Gasteiger partial charge in [0.15, 0.2) is 0 Å². The number of rotatable bonds is 8. The van der Waals surface area contributed by atoms with Gasteiger partial charge < -0.3 is 9.47 Å². The first-order valence-electron chi connectivity index (χ1n) is 10.6. The fourth-order valence-corrected chi connectivity index (χ4v) is 4.45. The Morgan fingerprint density at radius 3 is 1.94 bits per heavy atom. The van der Waals surface area contributed by atoms with Gasteiger partial charge in [-0.3, -0.25) is 4.79 Å². The molecule has 1 N–H and O–H groups in total. The fraction of sp³-hybridized carbons (Fsp3) is 0.269. The van der Waals surface area contributed by atoms with Gasteiger partial charge in [0.2, 0.25) is 10.0 Å². The number of carbonyl (C=O) groups is 1. The monoisotopic (exact) mass is 467 g/mol. The molecule has 33 heavy (non-hydrogen) atoms. The van der Waals surface area contributed by atoms with E-state index in [1.165, 1.54) is 12.1 Å².